The minimum absolute atomic E-state index is 0.0650. The maximum Gasteiger partial charge on any atom is 0.244 e. The molecule has 6 heteroatoms. The summed E-state index contributed by atoms with van der Waals surface area (Å²) in [5, 5.41) is 16.1. The summed E-state index contributed by atoms with van der Waals surface area (Å²) >= 11 is 6.60. The monoisotopic (exact) mass is 460 g/mol. The fourth-order valence-corrected chi connectivity index (χ4v) is 3.78. The first-order valence-electron chi connectivity index (χ1n) is 7.51. The van der Waals surface area contributed by atoms with E-state index in [0.29, 0.717) is 10.0 Å². The van der Waals surface area contributed by atoms with Gasteiger partial charge in [0.05, 0.1) is 17.1 Å². The fourth-order valence-electron chi connectivity index (χ4n) is 2.52. The highest BCUT2D eigenvalue weighted by molar-refractivity contribution is 9.11. The van der Waals surface area contributed by atoms with E-state index in [1.165, 1.54) is 6.21 Å². The third-order valence-electron chi connectivity index (χ3n) is 3.68. The molecule has 0 fully saturated rings. The zero-order chi connectivity index (χ0) is 17.8. The number of hydrogen-bond acceptors (Lipinski definition) is 3. The van der Waals surface area contributed by atoms with Crippen LogP contribution >= 0.6 is 31.9 Å². The molecular weight excluding hydrogens is 448 g/mol. The maximum atomic E-state index is 12.2. The topological polar surface area (TPSA) is 61.7 Å². The molecule has 3 aromatic carbocycles. The van der Waals surface area contributed by atoms with Gasteiger partial charge in [-0.05, 0) is 44.4 Å². The molecule has 0 saturated heterocycles. The Balaban J connectivity index is 1.71. The normalized spacial score (nSPS) is 11.1. The van der Waals surface area contributed by atoms with Crippen LogP contribution < -0.4 is 5.43 Å². The van der Waals surface area contributed by atoms with Crippen LogP contribution in [-0.4, -0.2) is 17.2 Å². The summed E-state index contributed by atoms with van der Waals surface area (Å²) in [6, 6.07) is 17.3. The van der Waals surface area contributed by atoms with Crippen LogP contribution in [0, 0.1) is 0 Å². The van der Waals surface area contributed by atoms with Crippen LogP contribution in [0.2, 0.25) is 0 Å². The van der Waals surface area contributed by atoms with Crippen LogP contribution in [0.5, 0.6) is 5.75 Å². The standard InChI is InChI=1S/C19H14Br2N2O2/c20-15-8-14(19(25)17(21)10-15)11-22-23-18(24)9-13-6-3-5-12-4-1-2-7-16(12)13/h1-8,10-11,25H,9H2,(H,23,24). The zero-order valence-electron chi connectivity index (χ0n) is 13.0. The SMILES string of the molecule is O=C(Cc1cccc2ccccc12)NN=Cc1cc(Br)cc(Br)c1O. The molecule has 2 N–H and O–H groups in total. The van der Waals surface area contributed by atoms with Gasteiger partial charge in [-0.1, -0.05) is 58.4 Å². The summed E-state index contributed by atoms with van der Waals surface area (Å²) in [4.78, 5) is 12.2. The van der Waals surface area contributed by atoms with Gasteiger partial charge in [0.15, 0.2) is 0 Å². The summed E-state index contributed by atoms with van der Waals surface area (Å²) in [6.45, 7) is 0. The molecule has 0 saturated carbocycles. The quantitative estimate of drug-likeness (QED) is 0.434. The van der Waals surface area contributed by atoms with Crippen LogP contribution in [0.25, 0.3) is 10.8 Å². The molecule has 1 amide bonds. The average Bonchev–Trinajstić information content (AvgIpc) is 2.59. The molecule has 0 aromatic heterocycles. The lowest BCUT2D eigenvalue weighted by molar-refractivity contribution is -0.120. The third-order valence-corrected chi connectivity index (χ3v) is 4.74. The van der Waals surface area contributed by atoms with Crippen molar-refractivity contribution in [2.45, 2.75) is 6.42 Å². The van der Waals surface area contributed by atoms with E-state index in [1.807, 2.05) is 42.5 Å². The Hall–Kier alpha value is -2.18. The van der Waals surface area contributed by atoms with E-state index in [9.17, 15) is 9.90 Å². The van der Waals surface area contributed by atoms with Crippen molar-refractivity contribution in [3.8, 4) is 5.75 Å². The second kappa shape index (κ2) is 7.80. The van der Waals surface area contributed by atoms with Gasteiger partial charge < -0.3 is 5.11 Å². The van der Waals surface area contributed by atoms with Gasteiger partial charge >= 0.3 is 0 Å². The Morgan fingerprint density at radius 1 is 1.12 bits per heavy atom. The van der Waals surface area contributed by atoms with E-state index >= 15 is 0 Å². The minimum Gasteiger partial charge on any atom is -0.506 e. The first kappa shape index (κ1) is 17.6. The molecule has 4 nitrogen and oxygen atoms in total. The number of nitrogens with one attached hydrogen (secondary N) is 1. The Morgan fingerprint density at radius 2 is 1.88 bits per heavy atom. The number of carbonyl (C=O) groups excluding carboxylic acids is 1. The Bertz CT molecular complexity index is 966. The highest BCUT2D eigenvalue weighted by atomic mass is 79.9. The van der Waals surface area contributed by atoms with E-state index in [0.717, 1.165) is 20.8 Å². The van der Waals surface area contributed by atoms with E-state index in [4.69, 9.17) is 0 Å². The number of amides is 1. The highest BCUT2D eigenvalue weighted by Gasteiger charge is 2.07. The molecule has 0 aliphatic heterocycles. The molecule has 0 radical (unpaired) electrons. The molecule has 0 spiro atoms. The molecule has 0 heterocycles. The van der Waals surface area contributed by atoms with Gasteiger partial charge in [0.2, 0.25) is 5.91 Å². The first-order chi connectivity index (χ1) is 12.0. The summed E-state index contributed by atoms with van der Waals surface area (Å²) in [5.41, 5.74) is 3.93. The van der Waals surface area contributed by atoms with Gasteiger partial charge in [-0.25, -0.2) is 5.43 Å². The second-order valence-electron chi connectivity index (χ2n) is 5.43. The molecule has 25 heavy (non-hydrogen) atoms. The third kappa shape index (κ3) is 4.27. The number of phenolic OH excluding ortho intramolecular Hbond substituents is 1. The smallest absolute Gasteiger partial charge is 0.244 e. The lowest BCUT2D eigenvalue weighted by Gasteiger charge is -2.06. The van der Waals surface area contributed by atoms with E-state index in [-0.39, 0.29) is 18.1 Å². The lowest BCUT2D eigenvalue weighted by Crippen LogP contribution is -2.19. The van der Waals surface area contributed by atoms with Crippen molar-refractivity contribution < 1.29 is 9.90 Å². The van der Waals surface area contributed by atoms with Crippen molar-refractivity contribution in [3.05, 3.63) is 74.7 Å². The second-order valence-corrected chi connectivity index (χ2v) is 7.20. The molecular formula is C19H14Br2N2O2. The minimum atomic E-state index is -0.221. The molecule has 0 unspecified atom stereocenters. The summed E-state index contributed by atoms with van der Waals surface area (Å²) in [5.74, 6) is -0.156. The van der Waals surface area contributed by atoms with Gasteiger partial charge in [-0.2, -0.15) is 5.10 Å². The van der Waals surface area contributed by atoms with Gasteiger partial charge in [-0.15, -0.1) is 0 Å². The summed E-state index contributed by atoms with van der Waals surface area (Å²) in [7, 11) is 0. The van der Waals surface area contributed by atoms with Crippen LogP contribution in [0.1, 0.15) is 11.1 Å². The molecule has 3 rings (SSSR count). The number of halogens is 2. The van der Waals surface area contributed by atoms with E-state index in [2.05, 4.69) is 42.4 Å². The number of phenols is 1. The number of aromatic hydroxyl groups is 1. The van der Waals surface area contributed by atoms with Crippen molar-refractivity contribution in [1.29, 1.82) is 0 Å². The Labute approximate surface area is 161 Å². The molecule has 0 aliphatic carbocycles. The number of nitrogens with zero attached hydrogens (tertiary/aromatic N) is 1. The number of fused-ring (bicyclic) bond motifs is 1. The van der Waals surface area contributed by atoms with Crippen molar-refractivity contribution in [1.82, 2.24) is 5.43 Å². The molecule has 3 aromatic rings. The fraction of sp³-hybridized carbons (Fsp3) is 0.0526. The maximum absolute atomic E-state index is 12.2. The Kier molecular flexibility index (Phi) is 5.50. The predicted octanol–water partition coefficient (Wildman–Crippen LogP) is 4.76. The predicted molar refractivity (Wildman–Crippen MR) is 107 cm³/mol. The molecule has 0 bridgehead atoms. The summed E-state index contributed by atoms with van der Waals surface area (Å²) in [6.07, 6.45) is 1.64. The number of benzene rings is 3. The van der Waals surface area contributed by atoms with Gasteiger partial charge in [-0.3, -0.25) is 4.79 Å². The van der Waals surface area contributed by atoms with E-state index < -0.39 is 0 Å². The van der Waals surface area contributed by atoms with Crippen LogP contribution in [0.15, 0.2) is 68.6 Å². The number of rotatable bonds is 4. The highest BCUT2D eigenvalue weighted by Crippen LogP contribution is 2.30. The molecule has 0 aliphatic rings. The van der Waals surface area contributed by atoms with Crippen molar-refractivity contribution in [3.63, 3.8) is 0 Å². The zero-order valence-corrected chi connectivity index (χ0v) is 16.2. The molecule has 126 valence electrons. The van der Waals surface area contributed by atoms with Crippen LogP contribution in [-0.2, 0) is 11.2 Å². The lowest BCUT2D eigenvalue weighted by atomic mass is 10.0. The Morgan fingerprint density at radius 3 is 2.72 bits per heavy atom. The van der Waals surface area contributed by atoms with Crippen molar-refractivity contribution in [2.75, 3.05) is 0 Å². The van der Waals surface area contributed by atoms with Crippen LogP contribution in [0.4, 0.5) is 0 Å². The molecule has 0 atom stereocenters. The number of hydrazone groups is 1. The van der Waals surface area contributed by atoms with E-state index in [1.54, 1.807) is 12.1 Å². The summed E-state index contributed by atoms with van der Waals surface area (Å²) < 4.78 is 1.34. The van der Waals surface area contributed by atoms with Gasteiger partial charge in [0.25, 0.3) is 0 Å². The average molecular weight is 462 g/mol. The number of hydrogen-bond donors (Lipinski definition) is 2. The van der Waals surface area contributed by atoms with Gasteiger partial charge in [0.1, 0.15) is 5.75 Å². The van der Waals surface area contributed by atoms with Crippen molar-refractivity contribution >= 4 is 54.8 Å². The first-order valence-corrected chi connectivity index (χ1v) is 9.10. The van der Waals surface area contributed by atoms with Gasteiger partial charge in [0, 0.05) is 10.0 Å². The van der Waals surface area contributed by atoms with Crippen molar-refractivity contribution in [2.24, 2.45) is 5.10 Å². The van der Waals surface area contributed by atoms with Crippen LogP contribution in [0.3, 0.4) is 0 Å². The number of carbonyl (C=O) groups is 1. The largest absolute Gasteiger partial charge is 0.506 e.